The monoisotopic (exact) mass is 270 g/mol. The van der Waals surface area contributed by atoms with Crippen LogP contribution in [0.5, 0.6) is 0 Å². The summed E-state index contributed by atoms with van der Waals surface area (Å²) in [4.78, 5) is 4.20. The highest BCUT2D eigenvalue weighted by atomic mass is 32.2. The third kappa shape index (κ3) is 2.82. The fraction of sp³-hybridized carbons (Fsp3) is 0.312. The third-order valence-corrected chi connectivity index (χ3v) is 4.69. The quantitative estimate of drug-likeness (QED) is 0.920. The zero-order chi connectivity index (χ0) is 13.1. The Kier molecular flexibility index (Phi) is 3.85. The molecule has 0 saturated carbocycles. The summed E-state index contributed by atoms with van der Waals surface area (Å²) in [6.07, 6.45) is 3.77. The van der Waals surface area contributed by atoms with Crippen molar-refractivity contribution in [1.82, 2.24) is 10.3 Å². The molecule has 0 radical (unpaired) electrons. The number of rotatable bonds is 3. The van der Waals surface area contributed by atoms with Crippen LogP contribution in [-0.4, -0.2) is 10.7 Å². The molecular weight excluding hydrogens is 252 g/mol. The number of thioether (sulfide) groups is 1. The van der Waals surface area contributed by atoms with E-state index >= 15 is 0 Å². The molecule has 0 amide bonds. The SMILES string of the molecule is C[C@H](NC1CSCc2ccccc21)c1cccnc1. The smallest absolute Gasteiger partial charge is 0.0419 e. The minimum atomic E-state index is 0.324. The molecule has 1 aromatic heterocycles. The van der Waals surface area contributed by atoms with E-state index in [-0.39, 0.29) is 0 Å². The van der Waals surface area contributed by atoms with E-state index in [1.165, 1.54) is 16.7 Å². The average Bonchev–Trinajstić information content (AvgIpc) is 2.48. The Labute approximate surface area is 118 Å². The first-order valence-electron chi connectivity index (χ1n) is 6.66. The third-order valence-electron chi connectivity index (χ3n) is 3.61. The highest BCUT2D eigenvalue weighted by Crippen LogP contribution is 2.32. The molecule has 1 aromatic carbocycles. The number of fused-ring (bicyclic) bond motifs is 1. The maximum absolute atomic E-state index is 4.20. The number of hydrogen-bond donors (Lipinski definition) is 1. The van der Waals surface area contributed by atoms with E-state index in [4.69, 9.17) is 0 Å². The minimum Gasteiger partial charge on any atom is -0.303 e. The topological polar surface area (TPSA) is 24.9 Å². The van der Waals surface area contributed by atoms with E-state index in [0.717, 1.165) is 11.5 Å². The van der Waals surface area contributed by atoms with Gasteiger partial charge in [-0.25, -0.2) is 0 Å². The zero-order valence-corrected chi connectivity index (χ0v) is 11.9. The summed E-state index contributed by atoms with van der Waals surface area (Å²) in [7, 11) is 0. The van der Waals surface area contributed by atoms with Crippen LogP contribution < -0.4 is 5.32 Å². The van der Waals surface area contributed by atoms with Crippen molar-refractivity contribution in [2.45, 2.75) is 24.8 Å². The van der Waals surface area contributed by atoms with Crippen molar-refractivity contribution in [3.8, 4) is 0 Å². The van der Waals surface area contributed by atoms with Crippen LogP contribution in [0.15, 0.2) is 48.8 Å². The summed E-state index contributed by atoms with van der Waals surface area (Å²) < 4.78 is 0. The van der Waals surface area contributed by atoms with Crippen LogP contribution in [0.2, 0.25) is 0 Å². The zero-order valence-electron chi connectivity index (χ0n) is 11.0. The molecule has 0 bridgehead atoms. The Morgan fingerprint density at radius 2 is 2.16 bits per heavy atom. The van der Waals surface area contributed by atoms with Crippen LogP contribution in [0.25, 0.3) is 0 Å². The van der Waals surface area contributed by atoms with E-state index in [2.05, 4.69) is 47.6 Å². The van der Waals surface area contributed by atoms with E-state index in [1.807, 2.05) is 30.2 Å². The molecule has 3 heteroatoms. The Morgan fingerprint density at radius 1 is 1.26 bits per heavy atom. The van der Waals surface area contributed by atoms with Crippen molar-refractivity contribution in [1.29, 1.82) is 0 Å². The lowest BCUT2D eigenvalue weighted by atomic mass is 10.0. The average molecular weight is 270 g/mol. The van der Waals surface area contributed by atoms with Gasteiger partial charge in [0.1, 0.15) is 0 Å². The molecule has 19 heavy (non-hydrogen) atoms. The maximum atomic E-state index is 4.20. The lowest BCUT2D eigenvalue weighted by molar-refractivity contribution is 0.495. The summed E-state index contributed by atoms with van der Waals surface area (Å²) >= 11 is 2.00. The van der Waals surface area contributed by atoms with Gasteiger partial charge in [0.25, 0.3) is 0 Å². The second kappa shape index (κ2) is 5.76. The van der Waals surface area contributed by atoms with Gasteiger partial charge < -0.3 is 5.32 Å². The summed E-state index contributed by atoms with van der Waals surface area (Å²) in [6, 6.07) is 13.7. The van der Waals surface area contributed by atoms with Gasteiger partial charge in [0, 0.05) is 36.0 Å². The minimum absolute atomic E-state index is 0.324. The Balaban J connectivity index is 1.78. The molecule has 0 fully saturated rings. The molecule has 0 spiro atoms. The normalized spacial score (nSPS) is 19.7. The van der Waals surface area contributed by atoms with E-state index in [9.17, 15) is 0 Å². The van der Waals surface area contributed by atoms with Gasteiger partial charge in [-0.3, -0.25) is 4.98 Å². The number of benzene rings is 1. The van der Waals surface area contributed by atoms with Crippen molar-refractivity contribution >= 4 is 11.8 Å². The number of nitrogens with zero attached hydrogens (tertiary/aromatic N) is 1. The van der Waals surface area contributed by atoms with Gasteiger partial charge in [0.05, 0.1) is 0 Å². The molecule has 1 N–H and O–H groups in total. The first kappa shape index (κ1) is 12.7. The molecule has 98 valence electrons. The van der Waals surface area contributed by atoms with Crippen LogP contribution >= 0.6 is 11.8 Å². The molecule has 2 aromatic rings. The first-order chi connectivity index (χ1) is 9.34. The van der Waals surface area contributed by atoms with Gasteiger partial charge in [-0.2, -0.15) is 11.8 Å². The van der Waals surface area contributed by atoms with Gasteiger partial charge in [-0.05, 0) is 29.7 Å². The van der Waals surface area contributed by atoms with Crippen molar-refractivity contribution in [3.63, 3.8) is 0 Å². The molecule has 3 rings (SSSR count). The summed E-state index contributed by atoms with van der Waals surface area (Å²) in [5, 5.41) is 3.73. The fourth-order valence-electron chi connectivity index (χ4n) is 2.55. The molecule has 2 nitrogen and oxygen atoms in total. The molecule has 0 saturated heterocycles. The molecule has 1 unspecified atom stereocenters. The second-order valence-corrected chi connectivity index (χ2v) is 5.97. The van der Waals surface area contributed by atoms with E-state index in [0.29, 0.717) is 12.1 Å². The second-order valence-electron chi connectivity index (χ2n) is 4.94. The Morgan fingerprint density at radius 3 is 3.00 bits per heavy atom. The molecule has 2 atom stereocenters. The number of aromatic nitrogens is 1. The molecule has 1 aliphatic heterocycles. The first-order valence-corrected chi connectivity index (χ1v) is 7.81. The predicted octanol–water partition coefficient (Wildman–Crippen LogP) is 3.72. The van der Waals surface area contributed by atoms with Crippen molar-refractivity contribution in [2.75, 3.05) is 5.75 Å². The highest BCUT2D eigenvalue weighted by Gasteiger charge is 2.21. The molecule has 2 heterocycles. The van der Waals surface area contributed by atoms with Crippen LogP contribution in [-0.2, 0) is 5.75 Å². The summed E-state index contributed by atoms with van der Waals surface area (Å²) in [5.74, 6) is 2.28. The molecule has 1 aliphatic rings. The molecule has 0 aliphatic carbocycles. The number of hydrogen-bond acceptors (Lipinski definition) is 3. The lowest BCUT2D eigenvalue weighted by Crippen LogP contribution is -2.29. The standard InChI is InChI=1S/C16H18N2S/c1-12(13-6-4-8-17-9-13)18-16-11-19-10-14-5-2-3-7-15(14)16/h2-9,12,16,18H,10-11H2,1H3/t12-,16?/m0/s1. The van der Waals surface area contributed by atoms with Crippen LogP contribution in [0.3, 0.4) is 0 Å². The van der Waals surface area contributed by atoms with Gasteiger partial charge in [-0.15, -0.1) is 0 Å². The maximum Gasteiger partial charge on any atom is 0.0419 e. The van der Waals surface area contributed by atoms with E-state index in [1.54, 1.807) is 0 Å². The van der Waals surface area contributed by atoms with Crippen LogP contribution in [0.4, 0.5) is 0 Å². The van der Waals surface area contributed by atoms with Crippen molar-refractivity contribution in [2.24, 2.45) is 0 Å². The van der Waals surface area contributed by atoms with Crippen LogP contribution in [0.1, 0.15) is 35.7 Å². The highest BCUT2D eigenvalue weighted by molar-refractivity contribution is 7.98. The van der Waals surface area contributed by atoms with Gasteiger partial charge >= 0.3 is 0 Å². The number of nitrogens with one attached hydrogen (secondary N) is 1. The summed E-state index contributed by atoms with van der Waals surface area (Å²) in [6.45, 7) is 2.21. The molecular formula is C16H18N2S. The Bertz CT molecular complexity index is 541. The summed E-state index contributed by atoms with van der Waals surface area (Å²) in [5.41, 5.74) is 4.17. The largest absolute Gasteiger partial charge is 0.303 e. The van der Waals surface area contributed by atoms with Crippen molar-refractivity contribution in [3.05, 3.63) is 65.5 Å². The van der Waals surface area contributed by atoms with Gasteiger partial charge in [-0.1, -0.05) is 30.3 Å². The van der Waals surface area contributed by atoms with E-state index < -0.39 is 0 Å². The number of pyridine rings is 1. The van der Waals surface area contributed by atoms with Gasteiger partial charge in [0.15, 0.2) is 0 Å². The van der Waals surface area contributed by atoms with Gasteiger partial charge in [0.2, 0.25) is 0 Å². The lowest BCUT2D eigenvalue weighted by Gasteiger charge is -2.29. The predicted molar refractivity (Wildman–Crippen MR) is 81.1 cm³/mol. The fourth-order valence-corrected chi connectivity index (χ4v) is 3.66. The Hall–Kier alpha value is -1.32. The van der Waals surface area contributed by atoms with Crippen molar-refractivity contribution < 1.29 is 0 Å². The van der Waals surface area contributed by atoms with Crippen LogP contribution in [0, 0.1) is 0 Å².